The molecule has 2 bridgehead atoms. The molecule has 150 valence electrons. The van der Waals surface area contributed by atoms with Gasteiger partial charge in [0.25, 0.3) is 0 Å². The molecule has 0 radical (unpaired) electrons. The Hall–Kier alpha value is -3.00. The molecule has 0 amide bonds. The van der Waals surface area contributed by atoms with Gasteiger partial charge in [0.05, 0.1) is 23.8 Å². The highest BCUT2D eigenvalue weighted by Gasteiger charge is 2.46. The summed E-state index contributed by atoms with van der Waals surface area (Å²) in [5.74, 6) is 1.04. The minimum absolute atomic E-state index is 0.0642. The molecule has 0 spiro atoms. The number of hydrogen-bond acceptors (Lipinski definition) is 6. The van der Waals surface area contributed by atoms with Crippen LogP contribution < -0.4 is 10.2 Å². The smallest absolute Gasteiger partial charge is 0.151 e. The van der Waals surface area contributed by atoms with Crippen molar-refractivity contribution >= 4 is 5.82 Å². The molecule has 3 fully saturated rings. The molecule has 6 rings (SSSR count). The van der Waals surface area contributed by atoms with Crippen LogP contribution in [0.2, 0.25) is 0 Å². The van der Waals surface area contributed by atoms with Crippen molar-refractivity contribution in [2.45, 2.75) is 31.1 Å². The standard InChI is InChI=1S/C21H23FN6O/c1-27(21-13-2-5-17(20(21)22)24-11-13)19-7-6-16(25-26-19)15-4-3-14(10-18(15)29)28-9-8-23-12-28/h3-4,6-10,12-13,17,20-21,24,29H,2,5,11H2,1H3/t13-,17-,20+,21-/m0/s1. The second-order valence-electron chi connectivity index (χ2n) is 7.85. The number of fused-ring (bicyclic) bond motifs is 3. The van der Waals surface area contributed by atoms with E-state index in [-0.39, 0.29) is 23.8 Å². The lowest BCUT2D eigenvalue weighted by atomic mass is 9.75. The van der Waals surface area contributed by atoms with E-state index in [0.717, 1.165) is 25.1 Å². The van der Waals surface area contributed by atoms with Gasteiger partial charge >= 0.3 is 0 Å². The second kappa shape index (κ2) is 7.11. The van der Waals surface area contributed by atoms with Gasteiger partial charge in [0.15, 0.2) is 5.82 Å². The predicted molar refractivity (Wildman–Crippen MR) is 108 cm³/mol. The Kier molecular flexibility index (Phi) is 4.43. The molecule has 7 nitrogen and oxygen atoms in total. The van der Waals surface area contributed by atoms with E-state index in [4.69, 9.17) is 0 Å². The topological polar surface area (TPSA) is 79.1 Å². The maximum atomic E-state index is 14.8. The van der Waals surface area contributed by atoms with Crippen LogP contribution in [0, 0.1) is 5.92 Å². The first-order valence-electron chi connectivity index (χ1n) is 9.87. The van der Waals surface area contributed by atoms with Crippen molar-refractivity contribution < 1.29 is 9.50 Å². The summed E-state index contributed by atoms with van der Waals surface area (Å²) in [4.78, 5) is 5.93. The molecule has 2 aromatic heterocycles. The minimum Gasteiger partial charge on any atom is -0.507 e. The molecule has 3 aliphatic rings. The zero-order chi connectivity index (χ0) is 20.0. The fourth-order valence-corrected chi connectivity index (χ4v) is 4.61. The number of halogens is 1. The number of hydrogen-bond donors (Lipinski definition) is 2. The summed E-state index contributed by atoms with van der Waals surface area (Å²) >= 11 is 0. The van der Waals surface area contributed by atoms with Crippen LogP contribution >= 0.6 is 0 Å². The summed E-state index contributed by atoms with van der Waals surface area (Å²) in [7, 11) is 1.89. The average Bonchev–Trinajstić information content (AvgIpc) is 3.29. The van der Waals surface area contributed by atoms with Gasteiger partial charge in [-0.1, -0.05) is 0 Å². The quantitative estimate of drug-likeness (QED) is 0.708. The minimum atomic E-state index is -0.909. The summed E-state index contributed by atoms with van der Waals surface area (Å²) in [6, 6.07) is 8.77. The number of aromatic nitrogens is 4. The number of aromatic hydroxyl groups is 1. The highest BCUT2D eigenvalue weighted by molar-refractivity contribution is 5.69. The fourth-order valence-electron chi connectivity index (χ4n) is 4.61. The van der Waals surface area contributed by atoms with Gasteiger partial charge in [-0.25, -0.2) is 9.37 Å². The molecular formula is C21H23FN6O. The first kappa shape index (κ1) is 18.1. The van der Waals surface area contributed by atoms with Crippen LogP contribution in [-0.2, 0) is 0 Å². The fraction of sp³-hybridized carbons (Fsp3) is 0.381. The van der Waals surface area contributed by atoms with Crippen molar-refractivity contribution in [2.24, 2.45) is 5.92 Å². The summed E-state index contributed by atoms with van der Waals surface area (Å²) in [6.07, 6.45) is 6.19. The molecule has 4 heterocycles. The monoisotopic (exact) mass is 394 g/mol. The Bertz CT molecular complexity index is 983. The largest absolute Gasteiger partial charge is 0.507 e. The Morgan fingerprint density at radius 3 is 2.72 bits per heavy atom. The van der Waals surface area contributed by atoms with Gasteiger partial charge in [-0.3, -0.25) is 0 Å². The number of nitrogens with one attached hydrogen (secondary N) is 1. The first-order chi connectivity index (χ1) is 14.1. The van der Waals surface area contributed by atoms with E-state index >= 15 is 0 Å². The number of phenols is 1. The number of phenolic OH excluding ortho intramolecular Hbond substituents is 1. The molecule has 4 atom stereocenters. The van der Waals surface area contributed by atoms with E-state index in [0.29, 0.717) is 17.1 Å². The zero-order valence-electron chi connectivity index (χ0n) is 16.1. The van der Waals surface area contributed by atoms with Crippen molar-refractivity contribution in [3.05, 3.63) is 49.1 Å². The third-order valence-electron chi connectivity index (χ3n) is 6.20. The lowest BCUT2D eigenvalue weighted by Crippen LogP contribution is -2.64. The number of imidazole rings is 1. The van der Waals surface area contributed by atoms with Crippen LogP contribution in [-0.4, -0.2) is 56.7 Å². The number of anilines is 1. The lowest BCUT2D eigenvalue weighted by Gasteiger charge is -2.49. The lowest BCUT2D eigenvalue weighted by molar-refractivity contribution is 0.0702. The Labute approximate surface area is 168 Å². The van der Waals surface area contributed by atoms with Crippen LogP contribution in [0.4, 0.5) is 10.2 Å². The van der Waals surface area contributed by atoms with Crippen LogP contribution in [0.1, 0.15) is 12.8 Å². The van der Waals surface area contributed by atoms with Gasteiger partial charge in [-0.15, -0.1) is 10.2 Å². The van der Waals surface area contributed by atoms with Crippen LogP contribution in [0.15, 0.2) is 49.1 Å². The van der Waals surface area contributed by atoms with E-state index in [2.05, 4.69) is 20.5 Å². The Morgan fingerprint density at radius 1 is 1.21 bits per heavy atom. The van der Waals surface area contributed by atoms with Gasteiger partial charge < -0.3 is 19.9 Å². The van der Waals surface area contributed by atoms with Crippen LogP contribution in [0.3, 0.4) is 0 Å². The highest BCUT2D eigenvalue weighted by atomic mass is 19.1. The molecule has 0 unspecified atom stereocenters. The van der Waals surface area contributed by atoms with Crippen molar-refractivity contribution in [2.75, 3.05) is 18.5 Å². The molecule has 8 heteroatoms. The highest BCUT2D eigenvalue weighted by Crippen LogP contribution is 2.36. The summed E-state index contributed by atoms with van der Waals surface area (Å²) in [6.45, 7) is 0.850. The van der Waals surface area contributed by atoms with Crippen LogP contribution in [0.25, 0.3) is 16.9 Å². The number of nitrogens with zero attached hydrogens (tertiary/aromatic N) is 5. The van der Waals surface area contributed by atoms with Gasteiger partial charge in [0, 0.05) is 43.7 Å². The van der Waals surface area contributed by atoms with Crippen molar-refractivity contribution in [1.82, 2.24) is 25.1 Å². The average molecular weight is 394 g/mol. The van der Waals surface area contributed by atoms with Gasteiger partial charge in [0.2, 0.25) is 0 Å². The predicted octanol–water partition coefficient (Wildman–Crippen LogP) is 2.56. The number of piperidine rings is 2. The Balaban J connectivity index is 1.38. The SMILES string of the molecule is CN(c1ccc(-c2ccc(-n3ccnc3)cc2O)nn1)[C@H]1[C@H]2CC[C@H](NC2)[C@H]1F. The second-order valence-corrected chi connectivity index (χ2v) is 7.85. The number of rotatable bonds is 4. The van der Waals surface area contributed by atoms with Crippen LogP contribution in [0.5, 0.6) is 5.75 Å². The van der Waals surface area contributed by atoms with E-state index < -0.39 is 6.17 Å². The van der Waals surface area contributed by atoms with E-state index in [1.807, 2.05) is 40.9 Å². The van der Waals surface area contributed by atoms with E-state index in [1.165, 1.54) is 0 Å². The maximum absolute atomic E-state index is 14.8. The van der Waals surface area contributed by atoms with Crippen molar-refractivity contribution in [1.29, 1.82) is 0 Å². The van der Waals surface area contributed by atoms with E-state index in [1.54, 1.807) is 24.7 Å². The van der Waals surface area contributed by atoms with Crippen molar-refractivity contribution in [3.8, 4) is 22.7 Å². The van der Waals surface area contributed by atoms with E-state index in [9.17, 15) is 9.50 Å². The molecule has 29 heavy (non-hydrogen) atoms. The molecule has 2 saturated heterocycles. The van der Waals surface area contributed by atoms with Gasteiger partial charge in [0.1, 0.15) is 11.9 Å². The third-order valence-corrected chi connectivity index (χ3v) is 6.20. The number of alkyl halides is 1. The summed E-state index contributed by atoms with van der Waals surface area (Å²) < 4.78 is 16.7. The molecular weight excluding hydrogens is 371 g/mol. The molecule has 3 aromatic rings. The normalized spacial score (nSPS) is 25.9. The van der Waals surface area contributed by atoms with Crippen molar-refractivity contribution in [3.63, 3.8) is 0 Å². The Morgan fingerprint density at radius 2 is 2.10 bits per heavy atom. The molecule has 1 saturated carbocycles. The summed E-state index contributed by atoms with van der Waals surface area (Å²) in [5, 5.41) is 22.4. The molecule has 2 aliphatic heterocycles. The zero-order valence-corrected chi connectivity index (χ0v) is 16.1. The first-order valence-corrected chi connectivity index (χ1v) is 9.87. The summed E-state index contributed by atoms with van der Waals surface area (Å²) in [5.41, 5.74) is 1.98. The molecule has 2 N–H and O–H groups in total. The number of benzene rings is 1. The molecule has 1 aliphatic carbocycles. The maximum Gasteiger partial charge on any atom is 0.151 e. The third kappa shape index (κ3) is 3.13. The van der Waals surface area contributed by atoms with Gasteiger partial charge in [-0.2, -0.15) is 0 Å². The molecule has 1 aromatic carbocycles. The van der Waals surface area contributed by atoms with Gasteiger partial charge in [-0.05, 0) is 43.0 Å².